The molecule has 0 radical (unpaired) electrons. The average Bonchev–Trinajstić information content (AvgIpc) is 3.61. The molecule has 0 N–H and O–H groups in total. The molecule has 0 amide bonds. The molecule has 0 saturated carbocycles. The van der Waals surface area contributed by atoms with Gasteiger partial charge in [0.15, 0.2) is 0 Å². The van der Waals surface area contributed by atoms with E-state index < -0.39 is 0 Å². The number of nitrogens with zero attached hydrogens (tertiary/aromatic N) is 2. The Bertz CT molecular complexity index is 2650. The lowest BCUT2D eigenvalue weighted by Gasteiger charge is -2.43. The standard InChI is InChI=1S/C45H31BN2/c1-45(2)35-21-11-9-19-30(35)31-25-26-39-41(42(31)45)34-27-33(28-15-5-3-6-16-28)40-32-20-10-13-23-37(32)47-38-24-14-12-22-36(38)46(43(34)44(40)47)48(39)29-17-7-4-8-18-29/h3-27H,1-2H3. The molecule has 8 aromatic rings. The zero-order valence-corrected chi connectivity index (χ0v) is 26.9. The molecule has 224 valence electrons. The highest BCUT2D eigenvalue weighted by atomic mass is 15.1. The highest BCUT2D eigenvalue weighted by Crippen LogP contribution is 2.57. The van der Waals surface area contributed by atoms with Crippen molar-refractivity contribution in [3.05, 3.63) is 163 Å². The van der Waals surface area contributed by atoms with Gasteiger partial charge in [-0.05, 0) is 86.3 Å². The number of hydrogen-bond acceptors (Lipinski definition) is 1. The van der Waals surface area contributed by atoms with Crippen molar-refractivity contribution in [3.8, 4) is 39.1 Å². The van der Waals surface area contributed by atoms with Crippen LogP contribution in [0.15, 0.2) is 152 Å². The lowest BCUT2D eigenvalue weighted by atomic mass is 9.43. The summed E-state index contributed by atoms with van der Waals surface area (Å²) in [7, 11) is 0. The third kappa shape index (κ3) is 3.14. The summed E-state index contributed by atoms with van der Waals surface area (Å²) in [6, 6.07) is 56.5. The van der Waals surface area contributed by atoms with Gasteiger partial charge in [0.1, 0.15) is 0 Å². The minimum absolute atomic E-state index is 0.0141. The first-order chi connectivity index (χ1) is 23.6. The first kappa shape index (κ1) is 26.3. The molecule has 2 aliphatic heterocycles. The lowest BCUT2D eigenvalue weighted by Crippen LogP contribution is -2.60. The van der Waals surface area contributed by atoms with Crippen molar-refractivity contribution in [3.63, 3.8) is 0 Å². The van der Waals surface area contributed by atoms with E-state index in [2.05, 4.69) is 175 Å². The van der Waals surface area contributed by atoms with Crippen molar-refractivity contribution in [2.24, 2.45) is 0 Å². The fourth-order valence-corrected chi connectivity index (χ4v) is 9.47. The first-order valence-electron chi connectivity index (χ1n) is 17.0. The van der Waals surface area contributed by atoms with Crippen LogP contribution >= 0.6 is 0 Å². The second-order valence-corrected chi connectivity index (χ2v) is 14.0. The predicted octanol–water partition coefficient (Wildman–Crippen LogP) is 9.99. The number of anilines is 2. The van der Waals surface area contributed by atoms with Gasteiger partial charge >= 0.3 is 6.85 Å². The maximum atomic E-state index is 2.64. The summed E-state index contributed by atoms with van der Waals surface area (Å²) in [5.41, 5.74) is 19.7. The average molecular weight is 611 g/mol. The molecule has 0 bridgehead atoms. The molecule has 1 aliphatic carbocycles. The molecular weight excluding hydrogens is 579 g/mol. The van der Waals surface area contributed by atoms with E-state index in [9.17, 15) is 0 Å². The van der Waals surface area contributed by atoms with Gasteiger partial charge < -0.3 is 9.38 Å². The molecular formula is C45H31BN2. The smallest absolute Gasteiger partial charge is 0.333 e. The van der Waals surface area contributed by atoms with Crippen LogP contribution in [0.4, 0.5) is 11.4 Å². The number of fused-ring (bicyclic) bond motifs is 12. The third-order valence-corrected chi connectivity index (χ3v) is 11.3. The van der Waals surface area contributed by atoms with Crippen LogP contribution in [-0.4, -0.2) is 11.4 Å². The molecule has 48 heavy (non-hydrogen) atoms. The SMILES string of the molecule is CC1(C)c2ccccc2-c2ccc3c(c21)-c1cc(-c2ccccc2)c2c4ccccc4n4c2c1B(c1ccccc1-4)N3c1ccccc1. The fourth-order valence-electron chi connectivity index (χ4n) is 9.47. The number of para-hydroxylation sites is 3. The van der Waals surface area contributed by atoms with Crippen molar-refractivity contribution < 1.29 is 0 Å². The number of hydrogen-bond donors (Lipinski definition) is 0. The Morgan fingerprint density at radius 3 is 2.12 bits per heavy atom. The molecule has 2 nitrogen and oxygen atoms in total. The maximum Gasteiger partial charge on any atom is 0.333 e. The molecule has 1 aromatic heterocycles. The van der Waals surface area contributed by atoms with Gasteiger partial charge in [-0.3, -0.25) is 0 Å². The zero-order chi connectivity index (χ0) is 31.7. The minimum atomic E-state index is -0.166. The minimum Gasteiger partial charge on any atom is -0.376 e. The van der Waals surface area contributed by atoms with E-state index >= 15 is 0 Å². The molecule has 0 spiro atoms. The highest BCUT2D eigenvalue weighted by molar-refractivity contribution is 6.93. The molecule has 7 aromatic carbocycles. The summed E-state index contributed by atoms with van der Waals surface area (Å²) in [4.78, 5) is 2.64. The van der Waals surface area contributed by atoms with Crippen molar-refractivity contribution in [2.45, 2.75) is 19.3 Å². The van der Waals surface area contributed by atoms with Gasteiger partial charge in [0, 0.05) is 38.8 Å². The van der Waals surface area contributed by atoms with Crippen LogP contribution in [-0.2, 0) is 5.41 Å². The normalized spacial score (nSPS) is 14.5. The van der Waals surface area contributed by atoms with E-state index in [0.29, 0.717) is 0 Å². The van der Waals surface area contributed by atoms with Crippen LogP contribution in [0.5, 0.6) is 0 Å². The Kier molecular flexibility index (Phi) is 5.03. The van der Waals surface area contributed by atoms with Crippen LogP contribution < -0.4 is 15.7 Å². The summed E-state index contributed by atoms with van der Waals surface area (Å²) >= 11 is 0. The highest BCUT2D eigenvalue weighted by Gasteiger charge is 2.48. The molecule has 0 unspecified atom stereocenters. The van der Waals surface area contributed by atoms with Gasteiger partial charge in [-0.1, -0.05) is 129 Å². The quantitative estimate of drug-likeness (QED) is 0.177. The van der Waals surface area contributed by atoms with Crippen molar-refractivity contribution in [1.29, 1.82) is 0 Å². The topological polar surface area (TPSA) is 8.17 Å². The third-order valence-electron chi connectivity index (χ3n) is 11.3. The van der Waals surface area contributed by atoms with Crippen LogP contribution in [0.1, 0.15) is 25.0 Å². The van der Waals surface area contributed by atoms with Gasteiger partial charge in [0.05, 0.1) is 11.0 Å². The Balaban J connectivity index is 1.40. The second-order valence-electron chi connectivity index (χ2n) is 14.0. The van der Waals surface area contributed by atoms with E-state index in [0.717, 1.165) is 0 Å². The van der Waals surface area contributed by atoms with Gasteiger partial charge in [-0.2, -0.15) is 0 Å². The number of aromatic nitrogens is 1. The van der Waals surface area contributed by atoms with Crippen LogP contribution in [0.2, 0.25) is 0 Å². The fraction of sp³-hybridized carbons (Fsp3) is 0.0667. The number of benzene rings is 7. The molecule has 0 atom stereocenters. The zero-order valence-electron chi connectivity index (χ0n) is 26.9. The predicted molar refractivity (Wildman–Crippen MR) is 203 cm³/mol. The molecule has 3 aliphatic rings. The van der Waals surface area contributed by atoms with Crippen molar-refractivity contribution in [2.75, 3.05) is 4.81 Å². The molecule has 11 rings (SSSR count). The molecule has 0 saturated heterocycles. The second kappa shape index (κ2) is 9.17. The van der Waals surface area contributed by atoms with Gasteiger partial charge in [0.25, 0.3) is 0 Å². The molecule has 3 heteroatoms. The summed E-state index contributed by atoms with van der Waals surface area (Å²) in [5, 5.41) is 2.63. The summed E-state index contributed by atoms with van der Waals surface area (Å²) in [5.74, 6) is 0. The molecule has 0 fully saturated rings. The van der Waals surface area contributed by atoms with Crippen LogP contribution in [0.3, 0.4) is 0 Å². The lowest BCUT2D eigenvalue weighted by molar-refractivity contribution is 0.662. The summed E-state index contributed by atoms with van der Waals surface area (Å²) < 4.78 is 2.57. The van der Waals surface area contributed by atoms with Gasteiger partial charge in [-0.25, -0.2) is 0 Å². The van der Waals surface area contributed by atoms with Crippen LogP contribution in [0, 0.1) is 0 Å². The summed E-state index contributed by atoms with van der Waals surface area (Å²) in [6.45, 7) is 4.86. The Hall–Kier alpha value is -5.80. The van der Waals surface area contributed by atoms with Crippen molar-refractivity contribution >= 4 is 51.0 Å². The van der Waals surface area contributed by atoms with E-state index in [1.54, 1.807) is 0 Å². The Morgan fingerprint density at radius 2 is 1.27 bits per heavy atom. The van der Waals surface area contributed by atoms with Gasteiger partial charge in [0.2, 0.25) is 0 Å². The number of rotatable bonds is 2. The van der Waals surface area contributed by atoms with E-state index in [1.165, 1.54) is 94.3 Å². The van der Waals surface area contributed by atoms with Crippen LogP contribution in [0.25, 0.3) is 60.9 Å². The maximum absolute atomic E-state index is 2.64. The van der Waals surface area contributed by atoms with Gasteiger partial charge in [-0.15, -0.1) is 0 Å². The van der Waals surface area contributed by atoms with E-state index in [4.69, 9.17) is 0 Å². The first-order valence-corrected chi connectivity index (χ1v) is 17.0. The summed E-state index contributed by atoms with van der Waals surface area (Å²) in [6.07, 6.45) is 0. The van der Waals surface area contributed by atoms with E-state index in [1.807, 2.05) is 0 Å². The molecule has 3 heterocycles. The largest absolute Gasteiger partial charge is 0.376 e. The Morgan fingerprint density at radius 1 is 0.562 bits per heavy atom. The Labute approximate surface area is 280 Å². The van der Waals surface area contributed by atoms with Crippen molar-refractivity contribution in [1.82, 2.24) is 4.57 Å². The van der Waals surface area contributed by atoms with E-state index in [-0.39, 0.29) is 12.3 Å². The monoisotopic (exact) mass is 610 g/mol.